The fourth-order valence-electron chi connectivity index (χ4n) is 0.513. The van der Waals surface area contributed by atoms with E-state index in [1.165, 1.54) is 10.3 Å². The number of hydrogen-bond acceptors (Lipinski definition) is 5. The molecular formula is C10H24I2N2O4S2V2. The summed E-state index contributed by atoms with van der Waals surface area (Å²) in [4.78, 5) is 0. The molecule has 0 atom stereocenters. The molecule has 0 rings (SSSR count). The Morgan fingerprint density at radius 3 is 1.09 bits per heavy atom. The Kier molecular flexibility index (Phi) is 44.0. The van der Waals surface area contributed by atoms with E-state index in [1.54, 1.807) is 26.7 Å². The summed E-state index contributed by atoms with van der Waals surface area (Å²) in [6.07, 6.45) is 4.11. The standard InChI is InChI=1S/C4H8INO4S2.C2H4IN.2C2H6.2V/c1-11(7,8)6(4-3-5)12(2,9)10;3-1-2-4;2*1-2;;/h3-4H,1-2H3;1-2H,4H2;2*1-2H3;;. The molecule has 0 amide bonds. The molecule has 0 spiro atoms. The third kappa shape index (κ3) is 29.6. The Bertz CT molecular complexity index is 420. The second-order valence-corrected chi connectivity index (χ2v) is 7.73. The van der Waals surface area contributed by atoms with Crippen molar-refractivity contribution in [2.24, 2.45) is 5.73 Å². The molecule has 0 aromatic carbocycles. The monoisotopic (exact) mass is 656 g/mol. The smallest absolute Gasteiger partial charge is 0.244 e. The van der Waals surface area contributed by atoms with Gasteiger partial charge in [-0.3, -0.25) is 0 Å². The van der Waals surface area contributed by atoms with Gasteiger partial charge >= 0.3 is 0 Å². The van der Waals surface area contributed by atoms with Crippen LogP contribution in [0.2, 0.25) is 0 Å². The van der Waals surface area contributed by atoms with Crippen LogP contribution in [0.25, 0.3) is 0 Å². The van der Waals surface area contributed by atoms with Crippen molar-refractivity contribution in [3.05, 3.63) is 20.6 Å². The van der Waals surface area contributed by atoms with Crippen LogP contribution in [0.4, 0.5) is 0 Å². The average molecular weight is 656 g/mol. The molecule has 2 N–H and O–H groups in total. The molecule has 0 heterocycles. The Balaban J connectivity index is -0.0000000547. The molecule has 0 aliphatic heterocycles. The van der Waals surface area contributed by atoms with Crippen molar-refractivity contribution in [3.63, 3.8) is 0 Å². The SMILES string of the molecule is CC.CC.CS(=O)(=O)N(C=CI)S(C)(=O)=O.NC=CI.[V].[V]. The van der Waals surface area contributed by atoms with Crippen molar-refractivity contribution in [2.75, 3.05) is 12.5 Å². The van der Waals surface area contributed by atoms with Crippen molar-refractivity contribution in [1.29, 1.82) is 0 Å². The van der Waals surface area contributed by atoms with E-state index >= 15 is 0 Å². The van der Waals surface area contributed by atoms with Crippen molar-refractivity contribution in [2.45, 2.75) is 27.7 Å². The Labute approximate surface area is 187 Å². The fourth-order valence-corrected chi connectivity index (χ4v) is 3.80. The van der Waals surface area contributed by atoms with Crippen LogP contribution in [0, 0.1) is 0 Å². The maximum atomic E-state index is 10.9. The van der Waals surface area contributed by atoms with E-state index in [2.05, 4.69) is 0 Å². The molecule has 0 aromatic rings. The largest absolute Gasteiger partial charge is 0.404 e. The van der Waals surface area contributed by atoms with E-state index in [0.29, 0.717) is 3.71 Å². The van der Waals surface area contributed by atoms with Gasteiger partial charge in [0.15, 0.2) is 0 Å². The molecule has 12 heteroatoms. The summed E-state index contributed by atoms with van der Waals surface area (Å²) in [7, 11) is -7.46. The van der Waals surface area contributed by atoms with Crippen molar-refractivity contribution < 1.29 is 53.9 Å². The van der Waals surface area contributed by atoms with Crippen LogP contribution in [-0.2, 0) is 57.2 Å². The number of rotatable bonds is 3. The molecule has 0 saturated carbocycles. The second kappa shape index (κ2) is 24.9. The average Bonchev–Trinajstić information content (AvgIpc) is 2.38. The van der Waals surface area contributed by atoms with Gasteiger partial charge in [0.05, 0.1) is 12.5 Å². The minimum absolute atomic E-state index is 0. The zero-order chi connectivity index (χ0) is 17.4. The Hall–Kier alpha value is 1.61. The first-order valence-electron chi connectivity index (χ1n) is 5.54. The summed E-state index contributed by atoms with van der Waals surface area (Å²) in [6.45, 7) is 8.00. The molecule has 0 fully saturated rings. The molecule has 0 unspecified atom stereocenters. The van der Waals surface area contributed by atoms with Crippen LogP contribution >= 0.6 is 45.2 Å². The number of nitrogens with zero attached hydrogens (tertiary/aromatic N) is 1. The van der Waals surface area contributed by atoms with Gasteiger partial charge in [0.2, 0.25) is 20.0 Å². The first-order valence-corrected chi connectivity index (χ1v) is 11.7. The molecule has 0 aliphatic carbocycles. The van der Waals surface area contributed by atoms with Gasteiger partial charge in [0.1, 0.15) is 0 Å². The first-order chi connectivity index (χ1) is 9.11. The van der Waals surface area contributed by atoms with Crippen LogP contribution in [0.15, 0.2) is 20.6 Å². The molecule has 0 saturated heterocycles. The van der Waals surface area contributed by atoms with Crippen molar-refractivity contribution >= 4 is 65.2 Å². The molecule has 0 aliphatic rings. The number of halogens is 2. The summed E-state index contributed by atoms with van der Waals surface area (Å²) in [5.74, 6) is 0. The summed E-state index contributed by atoms with van der Waals surface area (Å²) in [5.41, 5.74) is 4.84. The maximum Gasteiger partial charge on any atom is 0.244 e. The second-order valence-electron chi connectivity index (χ2n) is 2.34. The van der Waals surface area contributed by atoms with Gasteiger partial charge in [-0.15, -0.1) is 0 Å². The topological polar surface area (TPSA) is 97.5 Å². The van der Waals surface area contributed by atoms with Gasteiger partial charge in [0, 0.05) is 43.3 Å². The number of nitrogens with two attached hydrogens (primary N) is 1. The molecule has 2 radical (unpaired) electrons. The van der Waals surface area contributed by atoms with E-state index in [4.69, 9.17) is 5.73 Å². The number of hydrogen-bond donors (Lipinski definition) is 1. The van der Waals surface area contributed by atoms with E-state index < -0.39 is 20.0 Å². The molecule has 134 valence electrons. The minimum atomic E-state index is -3.73. The van der Waals surface area contributed by atoms with E-state index in [-0.39, 0.29) is 37.1 Å². The van der Waals surface area contributed by atoms with E-state index in [9.17, 15) is 16.8 Å². The minimum Gasteiger partial charge on any atom is -0.404 e. The maximum absolute atomic E-state index is 10.9. The van der Waals surface area contributed by atoms with Crippen LogP contribution in [-0.4, -0.2) is 33.1 Å². The first kappa shape index (κ1) is 38.9. The summed E-state index contributed by atoms with van der Waals surface area (Å²) < 4.78 is 46.8. The number of sulfonamides is 2. The third-order valence-corrected chi connectivity index (χ3v) is 4.82. The zero-order valence-corrected chi connectivity index (χ0v) is 22.2. The molecular weight excluding hydrogens is 632 g/mol. The predicted molar refractivity (Wildman–Crippen MR) is 105 cm³/mol. The quantitative estimate of drug-likeness (QED) is 0.472. The van der Waals surface area contributed by atoms with E-state index in [1.807, 2.05) is 50.3 Å². The zero-order valence-electron chi connectivity index (χ0n) is 13.4. The van der Waals surface area contributed by atoms with Gasteiger partial charge in [0.25, 0.3) is 0 Å². The van der Waals surface area contributed by atoms with Crippen LogP contribution in [0.1, 0.15) is 27.7 Å². The predicted octanol–water partition coefficient (Wildman–Crippen LogP) is 3.01. The van der Waals surface area contributed by atoms with Gasteiger partial charge in [-0.25, -0.2) is 16.8 Å². The summed E-state index contributed by atoms with van der Waals surface area (Å²) in [5, 5.41) is 0. The third-order valence-electron chi connectivity index (χ3n) is 0.905. The van der Waals surface area contributed by atoms with Crippen LogP contribution in [0.3, 0.4) is 0 Å². The Morgan fingerprint density at radius 2 is 1.05 bits per heavy atom. The molecule has 6 nitrogen and oxygen atoms in total. The fraction of sp³-hybridized carbons (Fsp3) is 0.600. The molecule has 0 bridgehead atoms. The van der Waals surface area contributed by atoms with E-state index in [0.717, 1.165) is 18.7 Å². The van der Waals surface area contributed by atoms with Gasteiger partial charge in [-0.05, 0) is 14.4 Å². The van der Waals surface area contributed by atoms with Crippen LogP contribution < -0.4 is 5.73 Å². The molecule has 0 aromatic heterocycles. The van der Waals surface area contributed by atoms with Crippen LogP contribution in [0.5, 0.6) is 0 Å². The van der Waals surface area contributed by atoms with Gasteiger partial charge < -0.3 is 5.73 Å². The van der Waals surface area contributed by atoms with Gasteiger partial charge in [-0.1, -0.05) is 72.9 Å². The normalized spacial score (nSPS) is 9.64. The Morgan fingerprint density at radius 1 is 0.818 bits per heavy atom. The van der Waals surface area contributed by atoms with Crippen molar-refractivity contribution in [3.8, 4) is 0 Å². The molecule has 22 heavy (non-hydrogen) atoms. The summed E-state index contributed by atoms with van der Waals surface area (Å²) >= 11 is 3.78. The summed E-state index contributed by atoms with van der Waals surface area (Å²) in [6, 6.07) is 0. The van der Waals surface area contributed by atoms with Crippen molar-refractivity contribution in [1.82, 2.24) is 3.71 Å². The van der Waals surface area contributed by atoms with Gasteiger partial charge in [-0.2, -0.15) is 3.71 Å².